The Kier molecular flexibility index (Phi) is 5.02. The molecule has 114 valence electrons. The minimum atomic E-state index is 0.0428. The first-order valence-electron chi connectivity index (χ1n) is 7.77. The van der Waals surface area contributed by atoms with Gasteiger partial charge in [-0.1, -0.05) is 6.92 Å². The summed E-state index contributed by atoms with van der Waals surface area (Å²) in [4.78, 5) is 28.0. The SMILES string of the molecule is CC1CC(C(=O)N(C)CC(=O)N2CCCC2)CCC1N. The lowest BCUT2D eigenvalue weighted by Crippen LogP contribution is -2.45. The van der Waals surface area contributed by atoms with E-state index in [-0.39, 0.29) is 30.3 Å². The number of carbonyl (C=O) groups is 2. The molecule has 0 aromatic carbocycles. The highest BCUT2D eigenvalue weighted by Crippen LogP contribution is 2.29. The maximum Gasteiger partial charge on any atom is 0.242 e. The fraction of sp³-hybridized carbons (Fsp3) is 0.867. The van der Waals surface area contributed by atoms with Crippen molar-refractivity contribution in [3.05, 3.63) is 0 Å². The molecule has 1 saturated carbocycles. The van der Waals surface area contributed by atoms with E-state index in [1.807, 2.05) is 4.90 Å². The maximum atomic E-state index is 12.4. The van der Waals surface area contributed by atoms with E-state index in [1.165, 1.54) is 0 Å². The molecule has 2 N–H and O–H groups in total. The van der Waals surface area contributed by atoms with Gasteiger partial charge in [0.25, 0.3) is 0 Å². The second kappa shape index (κ2) is 6.57. The van der Waals surface area contributed by atoms with Crippen molar-refractivity contribution in [1.82, 2.24) is 9.80 Å². The molecule has 1 saturated heterocycles. The van der Waals surface area contributed by atoms with E-state index in [0.717, 1.165) is 45.2 Å². The Labute approximate surface area is 121 Å². The Bertz CT molecular complexity index is 366. The van der Waals surface area contributed by atoms with Gasteiger partial charge in [-0.05, 0) is 38.0 Å². The topological polar surface area (TPSA) is 66.6 Å². The van der Waals surface area contributed by atoms with Gasteiger partial charge in [0.1, 0.15) is 0 Å². The number of hydrogen-bond acceptors (Lipinski definition) is 3. The van der Waals surface area contributed by atoms with Crippen LogP contribution in [0.4, 0.5) is 0 Å². The largest absolute Gasteiger partial charge is 0.341 e. The van der Waals surface area contributed by atoms with Gasteiger partial charge in [-0.2, -0.15) is 0 Å². The summed E-state index contributed by atoms with van der Waals surface area (Å²) in [6.45, 7) is 4.02. The van der Waals surface area contributed by atoms with E-state index >= 15 is 0 Å². The normalized spacial score (nSPS) is 30.4. The molecule has 0 aromatic heterocycles. The van der Waals surface area contributed by atoms with Crippen molar-refractivity contribution in [2.24, 2.45) is 17.6 Å². The predicted molar refractivity (Wildman–Crippen MR) is 77.9 cm³/mol. The van der Waals surface area contributed by atoms with Crippen molar-refractivity contribution >= 4 is 11.8 Å². The Morgan fingerprint density at radius 2 is 1.90 bits per heavy atom. The number of likely N-dealkylation sites (N-methyl/N-ethyl adjacent to an activating group) is 1. The van der Waals surface area contributed by atoms with Crippen LogP contribution >= 0.6 is 0 Å². The van der Waals surface area contributed by atoms with Gasteiger partial charge in [-0.25, -0.2) is 0 Å². The fourth-order valence-corrected chi connectivity index (χ4v) is 3.30. The highest BCUT2D eigenvalue weighted by molar-refractivity contribution is 5.86. The molecule has 5 nitrogen and oxygen atoms in total. The molecule has 0 bridgehead atoms. The number of hydrogen-bond donors (Lipinski definition) is 1. The third-order valence-corrected chi connectivity index (χ3v) is 4.79. The summed E-state index contributed by atoms with van der Waals surface area (Å²) < 4.78 is 0. The van der Waals surface area contributed by atoms with Gasteiger partial charge < -0.3 is 15.5 Å². The number of nitrogens with two attached hydrogens (primary N) is 1. The first-order chi connectivity index (χ1) is 9.49. The van der Waals surface area contributed by atoms with Crippen LogP contribution in [-0.4, -0.2) is 54.3 Å². The third kappa shape index (κ3) is 3.51. The van der Waals surface area contributed by atoms with Crippen molar-refractivity contribution in [3.63, 3.8) is 0 Å². The van der Waals surface area contributed by atoms with Crippen LogP contribution in [-0.2, 0) is 9.59 Å². The summed E-state index contributed by atoms with van der Waals surface area (Å²) >= 11 is 0. The summed E-state index contributed by atoms with van der Waals surface area (Å²) in [5.74, 6) is 0.622. The molecule has 1 aliphatic carbocycles. The highest BCUT2D eigenvalue weighted by Gasteiger charge is 2.32. The van der Waals surface area contributed by atoms with Crippen LogP contribution in [0, 0.1) is 11.8 Å². The smallest absolute Gasteiger partial charge is 0.242 e. The van der Waals surface area contributed by atoms with Crippen molar-refractivity contribution < 1.29 is 9.59 Å². The second-order valence-electron chi connectivity index (χ2n) is 6.43. The van der Waals surface area contributed by atoms with Gasteiger partial charge in [-0.3, -0.25) is 9.59 Å². The van der Waals surface area contributed by atoms with Crippen molar-refractivity contribution in [1.29, 1.82) is 0 Å². The van der Waals surface area contributed by atoms with E-state index < -0.39 is 0 Å². The predicted octanol–water partition coefficient (Wildman–Crippen LogP) is 0.831. The quantitative estimate of drug-likeness (QED) is 0.833. The van der Waals surface area contributed by atoms with E-state index in [1.54, 1.807) is 11.9 Å². The first kappa shape index (κ1) is 15.3. The second-order valence-corrected chi connectivity index (χ2v) is 6.43. The van der Waals surface area contributed by atoms with Gasteiger partial charge >= 0.3 is 0 Å². The standard InChI is InChI=1S/C15H27N3O2/c1-11-9-12(5-6-13(11)16)15(20)17(2)10-14(19)18-7-3-4-8-18/h11-13H,3-10,16H2,1-2H3. The minimum Gasteiger partial charge on any atom is -0.341 e. The molecule has 0 aromatic rings. The number of nitrogens with zero attached hydrogens (tertiary/aromatic N) is 2. The monoisotopic (exact) mass is 281 g/mol. The van der Waals surface area contributed by atoms with Crippen molar-refractivity contribution in [2.45, 2.75) is 45.1 Å². The number of rotatable bonds is 3. The average Bonchev–Trinajstić information content (AvgIpc) is 2.95. The molecule has 0 radical (unpaired) electrons. The molecular weight excluding hydrogens is 254 g/mol. The Morgan fingerprint density at radius 3 is 2.50 bits per heavy atom. The lowest BCUT2D eigenvalue weighted by atomic mass is 9.79. The van der Waals surface area contributed by atoms with Gasteiger partial charge in [0.15, 0.2) is 0 Å². The Hall–Kier alpha value is -1.10. The van der Waals surface area contributed by atoms with Crippen LogP contribution in [0.2, 0.25) is 0 Å². The van der Waals surface area contributed by atoms with Crippen LogP contribution in [0.3, 0.4) is 0 Å². The molecule has 2 rings (SSSR count). The van der Waals surface area contributed by atoms with Gasteiger partial charge in [0.2, 0.25) is 11.8 Å². The van der Waals surface area contributed by atoms with Crippen LogP contribution < -0.4 is 5.73 Å². The molecule has 2 fully saturated rings. The molecule has 3 unspecified atom stereocenters. The summed E-state index contributed by atoms with van der Waals surface area (Å²) in [5.41, 5.74) is 5.99. The zero-order valence-corrected chi connectivity index (χ0v) is 12.7. The minimum absolute atomic E-state index is 0.0428. The summed E-state index contributed by atoms with van der Waals surface area (Å²) in [5, 5.41) is 0. The van der Waals surface area contributed by atoms with Crippen molar-refractivity contribution in [3.8, 4) is 0 Å². The number of amides is 2. The van der Waals surface area contributed by atoms with Crippen LogP contribution in [0.5, 0.6) is 0 Å². The zero-order chi connectivity index (χ0) is 14.7. The molecule has 20 heavy (non-hydrogen) atoms. The summed E-state index contributed by atoms with van der Waals surface area (Å²) in [7, 11) is 1.75. The van der Waals surface area contributed by atoms with Crippen molar-refractivity contribution in [2.75, 3.05) is 26.7 Å². The van der Waals surface area contributed by atoms with E-state index in [4.69, 9.17) is 5.73 Å². The van der Waals surface area contributed by atoms with Gasteiger partial charge in [-0.15, -0.1) is 0 Å². The van der Waals surface area contributed by atoms with E-state index in [2.05, 4.69) is 6.92 Å². The first-order valence-corrected chi connectivity index (χ1v) is 7.77. The molecule has 2 aliphatic rings. The molecule has 2 amide bonds. The Morgan fingerprint density at radius 1 is 1.25 bits per heavy atom. The maximum absolute atomic E-state index is 12.4. The van der Waals surface area contributed by atoms with Crippen LogP contribution in [0.15, 0.2) is 0 Å². The molecule has 1 aliphatic heterocycles. The summed E-state index contributed by atoms with van der Waals surface area (Å²) in [6.07, 6.45) is 4.78. The highest BCUT2D eigenvalue weighted by atomic mass is 16.2. The fourth-order valence-electron chi connectivity index (χ4n) is 3.30. The van der Waals surface area contributed by atoms with Gasteiger partial charge in [0, 0.05) is 32.1 Å². The van der Waals surface area contributed by atoms with Crippen LogP contribution in [0.25, 0.3) is 0 Å². The molecule has 1 heterocycles. The van der Waals surface area contributed by atoms with Gasteiger partial charge in [0.05, 0.1) is 6.54 Å². The average molecular weight is 281 g/mol. The lowest BCUT2D eigenvalue weighted by molar-refractivity contribution is -0.142. The molecule has 0 spiro atoms. The molecule has 3 atom stereocenters. The molecule has 5 heteroatoms. The van der Waals surface area contributed by atoms with Crippen LogP contribution in [0.1, 0.15) is 39.0 Å². The number of likely N-dealkylation sites (tertiary alicyclic amines) is 1. The summed E-state index contributed by atoms with van der Waals surface area (Å²) in [6, 6.07) is 0.218. The Balaban J connectivity index is 1.83. The zero-order valence-electron chi connectivity index (χ0n) is 12.7. The lowest BCUT2D eigenvalue weighted by Gasteiger charge is -2.33. The van der Waals surface area contributed by atoms with E-state index in [9.17, 15) is 9.59 Å². The van der Waals surface area contributed by atoms with E-state index in [0.29, 0.717) is 5.92 Å². The number of carbonyl (C=O) groups excluding carboxylic acids is 2. The third-order valence-electron chi connectivity index (χ3n) is 4.79. The molecular formula is C15H27N3O2.